The van der Waals surface area contributed by atoms with Crippen LogP contribution in [0.2, 0.25) is 0 Å². The Balaban J connectivity index is 1.22. The van der Waals surface area contributed by atoms with Crippen LogP contribution >= 0.6 is 0 Å². The van der Waals surface area contributed by atoms with E-state index in [1.54, 1.807) is 24.3 Å². The second kappa shape index (κ2) is 14.0. The summed E-state index contributed by atoms with van der Waals surface area (Å²) in [6.07, 6.45) is 12.1. The summed E-state index contributed by atoms with van der Waals surface area (Å²) in [4.78, 5) is 40.2. The smallest absolute Gasteiger partial charge is 0.194 e. The fraction of sp³-hybridized carbons (Fsp3) is 0.488. The number of rotatable bonds is 10. The topological polar surface area (TPSA) is 112 Å². The zero-order valence-corrected chi connectivity index (χ0v) is 27.4. The molecule has 3 aromatic rings. The molecule has 6 rings (SSSR count). The van der Waals surface area contributed by atoms with E-state index in [9.17, 15) is 29.7 Å². The highest BCUT2D eigenvalue weighted by Crippen LogP contribution is 2.35. The van der Waals surface area contributed by atoms with Gasteiger partial charge in [-0.3, -0.25) is 14.4 Å². The van der Waals surface area contributed by atoms with Crippen LogP contribution in [0, 0.1) is 0 Å². The normalized spacial score (nSPS) is 20.3. The lowest BCUT2D eigenvalue weighted by atomic mass is 9.77. The SMILES string of the molecule is O=C(c1ccc(Cc2ccc(Cc3ccc(C(=O)C4(O)CCCCC4)cc3)c(C(=O)C3(O)CCCCC3)c2)cc1)C1(O)CCCCC1. The largest absolute Gasteiger partial charge is 0.382 e. The average Bonchev–Trinajstić information content (AvgIpc) is 3.09. The summed E-state index contributed by atoms with van der Waals surface area (Å²) in [5.41, 5.74) is 1.30. The van der Waals surface area contributed by atoms with Crippen LogP contribution in [0.15, 0.2) is 66.7 Å². The van der Waals surface area contributed by atoms with Crippen LogP contribution in [0.5, 0.6) is 0 Å². The second-order valence-corrected chi connectivity index (χ2v) is 14.5. The molecule has 3 aliphatic carbocycles. The van der Waals surface area contributed by atoms with Crippen LogP contribution in [0.3, 0.4) is 0 Å². The average molecular weight is 637 g/mol. The molecule has 0 amide bonds. The van der Waals surface area contributed by atoms with Crippen LogP contribution in [-0.4, -0.2) is 49.5 Å². The van der Waals surface area contributed by atoms with E-state index in [1.165, 1.54) is 0 Å². The first-order chi connectivity index (χ1) is 22.6. The van der Waals surface area contributed by atoms with Gasteiger partial charge >= 0.3 is 0 Å². The highest BCUT2D eigenvalue weighted by atomic mass is 16.3. The molecular weight excluding hydrogens is 588 g/mol. The number of hydrogen-bond acceptors (Lipinski definition) is 6. The summed E-state index contributed by atoms with van der Waals surface area (Å²) >= 11 is 0. The molecule has 0 aliphatic heterocycles. The van der Waals surface area contributed by atoms with Crippen LogP contribution in [-0.2, 0) is 12.8 Å². The van der Waals surface area contributed by atoms with Crippen molar-refractivity contribution in [2.24, 2.45) is 0 Å². The van der Waals surface area contributed by atoms with Gasteiger partial charge < -0.3 is 15.3 Å². The Bertz CT molecular complexity index is 1580. The van der Waals surface area contributed by atoms with Crippen molar-refractivity contribution < 1.29 is 29.7 Å². The summed E-state index contributed by atoms with van der Waals surface area (Å²) in [5.74, 6) is -0.656. The lowest BCUT2D eigenvalue weighted by molar-refractivity contribution is 0.0115. The Kier molecular flexibility index (Phi) is 9.93. The molecule has 3 fully saturated rings. The van der Waals surface area contributed by atoms with Gasteiger partial charge in [-0.2, -0.15) is 0 Å². The van der Waals surface area contributed by atoms with Crippen LogP contribution in [0.1, 0.15) is 150 Å². The zero-order valence-electron chi connectivity index (χ0n) is 27.4. The van der Waals surface area contributed by atoms with Crippen molar-refractivity contribution in [2.45, 2.75) is 126 Å². The van der Waals surface area contributed by atoms with Gasteiger partial charge in [-0.05, 0) is 79.7 Å². The molecule has 0 unspecified atom stereocenters. The molecule has 47 heavy (non-hydrogen) atoms. The quantitative estimate of drug-likeness (QED) is 0.199. The Morgan fingerprint density at radius 2 is 0.809 bits per heavy atom. The molecule has 6 heteroatoms. The molecule has 0 radical (unpaired) electrons. The summed E-state index contributed by atoms with van der Waals surface area (Å²) in [6, 6.07) is 20.6. The van der Waals surface area contributed by atoms with E-state index in [-0.39, 0.29) is 17.3 Å². The number of carbonyl (C=O) groups excluding carboxylic acids is 3. The number of ketones is 3. The summed E-state index contributed by atoms with van der Waals surface area (Å²) in [5, 5.41) is 33.3. The van der Waals surface area contributed by atoms with Crippen molar-refractivity contribution in [3.63, 3.8) is 0 Å². The van der Waals surface area contributed by atoms with E-state index in [1.807, 2.05) is 42.5 Å². The van der Waals surface area contributed by atoms with Crippen LogP contribution < -0.4 is 0 Å². The summed E-state index contributed by atoms with van der Waals surface area (Å²) in [7, 11) is 0. The van der Waals surface area contributed by atoms with Gasteiger partial charge in [0.05, 0.1) is 0 Å². The van der Waals surface area contributed by atoms with Gasteiger partial charge in [0.25, 0.3) is 0 Å². The van der Waals surface area contributed by atoms with E-state index in [2.05, 4.69) is 0 Å². The molecule has 3 saturated carbocycles. The van der Waals surface area contributed by atoms with Gasteiger partial charge in [-0.25, -0.2) is 0 Å². The number of carbonyl (C=O) groups is 3. The first kappa shape index (κ1) is 33.5. The molecular formula is C41H48O6. The Labute approximate surface area is 278 Å². The van der Waals surface area contributed by atoms with E-state index in [4.69, 9.17) is 0 Å². The Morgan fingerprint density at radius 1 is 0.447 bits per heavy atom. The Hall–Kier alpha value is -3.45. The van der Waals surface area contributed by atoms with Crippen molar-refractivity contribution in [1.29, 1.82) is 0 Å². The molecule has 0 aromatic heterocycles. The molecule has 248 valence electrons. The van der Waals surface area contributed by atoms with E-state index in [0.717, 1.165) is 80.0 Å². The fourth-order valence-corrected chi connectivity index (χ4v) is 7.98. The van der Waals surface area contributed by atoms with E-state index < -0.39 is 16.8 Å². The van der Waals surface area contributed by atoms with E-state index >= 15 is 0 Å². The van der Waals surface area contributed by atoms with Gasteiger partial charge in [-0.15, -0.1) is 0 Å². The first-order valence-corrected chi connectivity index (χ1v) is 17.7. The van der Waals surface area contributed by atoms with Crippen molar-refractivity contribution in [1.82, 2.24) is 0 Å². The van der Waals surface area contributed by atoms with E-state index in [0.29, 0.717) is 68.1 Å². The number of hydrogen-bond donors (Lipinski definition) is 3. The summed E-state index contributed by atoms with van der Waals surface area (Å²) < 4.78 is 0. The highest BCUT2D eigenvalue weighted by molar-refractivity contribution is 6.04. The molecule has 0 saturated heterocycles. The van der Waals surface area contributed by atoms with Gasteiger partial charge in [0.15, 0.2) is 17.3 Å². The number of Topliss-reactive ketones (excluding diaryl/α,β-unsaturated/α-hetero) is 3. The summed E-state index contributed by atoms with van der Waals surface area (Å²) in [6.45, 7) is 0. The third-order valence-electron chi connectivity index (χ3n) is 11.0. The molecule has 6 nitrogen and oxygen atoms in total. The molecule has 3 N–H and O–H groups in total. The van der Waals surface area contributed by atoms with Gasteiger partial charge in [0.1, 0.15) is 16.8 Å². The first-order valence-electron chi connectivity index (χ1n) is 17.7. The highest BCUT2D eigenvalue weighted by Gasteiger charge is 2.40. The molecule has 3 aromatic carbocycles. The predicted molar refractivity (Wildman–Crippen MR) is 182 cm³/mol. The lowest BCUT2D eigenvalue weighted by Crippen LogP contribution is -2.41. The lowest BCUT2D eigenvalue weighted by Gasteiger charge is -2.31. The zero-order chi connectivity index (χ0) is 33.1. The fourth-order valence-electron chi connectivity index (χ4n) is 7.98. The molecule has 0 heterocycles. The van der Waals surface area contributed by atoms with Crippen LogP contribution in [0.25, 0.3) is 0 Å². The number of aliphatic hydroxyl groups is 3. The van der Waals surface area contributed by atoms with Crippen molar-refractivity contribution in [2.75, 3.05) is 0 Å². The maximum Gasteiger partial charge on any atom is 0.194 e. The second-order valence-electron chi connectivity index (χ2n) is 14.5. The molecule has 0 spiro atoms. The minimum atomic E-state index is -1.38. The van der Waals surface area contributed by atoms with Crippen LogP contribution in [0.4, 0.5) is 0 Å². The third-order valence-corrected chi connectivity index (χ3v) is 11.0. The van der Waals surface area contributed by atoms with Gasteiger partial charge in [-0.1, -0.05) is 118 Å². The van der Waals surface area contributed by atoms with Gasteiger partial charge in [0.2, 0.25) is 0 Å². The monoisotopic (exact) mass is 636 g/mol. The minimum absolute atomic E-state index is 0.205. The predicted octanol–water partition coefficient (Wildman–Crippen LogP) is 7.50. The Morgan fingerprint density at radius 3 is 1.23 bits per heavy atom. The van der Waals surface area contributed by atoms with Crippen molar-refractivity contribution in [3.05, 3.63) is 106 Å². The maximum atomic E-state index is 14.0. The standard InChI is InChI=1S/C41H48O6/c42-36(39(45)20-4-1-5-21-39)32-15-10-29(11-16-32)26-31-14-19-34(35(28-31)38(44)41(47)24-8-3-9-25-41)27-30-12-17-33(18-13-30)37(43)40(46)22-6-2-7-23-40/h10-19,28,45-47H,1-9,20-27H2. The van der Waals surface area contributed by atoms with Crippen molar-refractivity contribution >= 4 is 17.3 Å². The third kappa shape index (κ3) is 7.35. The maximum absolute atomic E-state index is 14.0. The molecule has 0 bridgehead atoms. The molecule has 3 aliphatic rings. The minimum Gasteiger partial charge on any atom is -0.382 e. The van der Waals surface area contributed by atoms with Gasteiger partial charge in [0, 0.05) is 16.7 Å². The molecule has 0 atom stereocenters. The number of benzene rings is 3. The van der Waals surface area contributed by atoms with Crippen molar-refractivity contribution in [3.8, 4) is 0 Å².